The standard InChI is InChI=1S/C17H15N3.2C2H6/c1-12-18-13(2)20-17(19-12)16-10-8-15(9-11-16)14-6-4-3-5-7-14;2*1-2/h3-11H,1-2H3;2*1-2H3. The molecule has 0 radical (unpaired) electrons. The predicted molar refractivity (Wildman–Crippen MR) is 103 cm³/mol. The number of rotatable bonds is 2. The first kappa shape index (κ1) is 19.5. The van der Waals surface area contributed by atoms with Crippen LogP contribution in [0, 0.1) is 13.8 Å². The first-order valence-corrected chi connectivity index (χ1v) is 8.57. The van der Waals surface area contributed by atoms with E-state index >= 15 is 0 Å². The van der Waals surface area contributed by atoms with Gasteiger partial charge in [-0.3, -0.25) is 0 Å². The molecule has 3 rings (SSSR count). The minimum Gasteiger partial charge on any atom is -0.219 e. The molecule has 0 fully saturated rings. The van der Waals surface area contributed by atoms with Crippen LogP contribution in [0.4, 0.5) is 0 Å². The summed E-state index contributed by atoms with van der Waals surface area (Å²) in [5.74, 6) is 2.23. The molecule has 3 aromatic rings. The van der Waals surface area contributed by atoms with Gasteiger partial charge in [-0.2, -0.15) is 0 Å². The van der Waals surface area contributed by atoms with E-state index < -0.39 is 0 Å². The van der Waals surface area contributed by atoms with Gasteiger partial charge >= 0.3 is 0 Å². The summed E-state index contributed by atoms with van der Waals surface area (Å²) in [6.07, 6.45) is 0. The van der Waals surface area contributed by atoms with Crippen LogP contribution in [0.1, 0.15) is 39.3 Å². The Labute approximate surface area is 145 Å². The minimum absolute atomic E-state index is 0.731. The zero-order valence-electron chi connectivity index (χ0n) is 15.5. The average molecular weight is 321 g/mol. The van der Waals surface area contributed by atoms with Gasteiger partial charge in [-0.25, -0.2) is 15.0 Å². The van der Waals surface area contributed by atoms with Gasteiger partial charge in [-0.05, 0) is 25.0 Å². The Bertz CT molecular complexity index is 700. The highest BCUT2D eigenvalue weighted by Gasteiger charge is 2.04. The molecule has 0 atom stereocenters. The van der Waals surface area contributed by atoms with Crippen molar-refractivity contribution in [2.45, 2.75) is 41.5 Å². The molecule has 3 nitrogen and oxygen atoms in total. The third-order valence-corrected chi connectivity index (χ3v) is 3.11. The van der Waals surface area contributed by atoms with E-state index in [0.29, 0.717) is 0 Å². The Morgan fingerprint density at radius 2 is 0.917 bits per heavy atom. The fraction of sp³-hybridized carbons (Fsp3) is 0.286. The van der Waals surface area contributed by atoms with Gasteiger partial charge in [-0.15, -0.1) is 0 Å². The van der Waals surface area contributed by atoms with E-state index in [9.17, 15) is 0 Å². The summed E-state index contributed by atoms with van der Waals surface area (Å²) in [4.78, 5) is 13.0. The molecule has 0 aliphatic rings. The van der Waals surface area contributed by atoms with E-state index in [1.54, 1.807) is 0 Å². The maximum Gasteiger partial charge on any atom is 0.163 e. The Morgan fingerprint density at radius 3 is 1.42 bits per heavy atom. The van der Waals surface area contributed by atoms with Crippen molar-refractivity contribution in [3.05, 3.63) is 66.2 Å². The molecule has 0 amide bonds. The molecular weight excluding hydrogens is 294 g/mol. The number of nitrogens with zero attached hydrogens (tertiary/aromatic N) is 3. The van der Waals surface area contributed by atoms with Crippen LogP contribution in [0.2, 0.25) is 0 Å². The first-order chi connectivity index (χ1) is 11.7. The SMILES string of the molecule is CC.CC.Cc1nc(C)nc(-c2ccc(-c3ccccc3)cc2)n1. The molecule has 24 heavy (non-hydrogen) atoms. The number of hydrogen-bond donors (Lipinski definition) is 0. The van der Waals surface area contributed by atoms with Crippen molar-refractivity contribution < 1.29 is 0 Å². The van der Waals surface area contributed by atoms with Gasteiger partial charge in [0.1, 0.15) is 11.6 Å². The van der Waals surface area contributed by atoms with Crippen molar-refractivity contribution in [1.82, 2.24) is 15.0 Å². The highest BCUT2D eigenvalue weighted by molar-refractivity contribution is 5.67. The highest BCUT2D eigenvalue weighted by Crippen LogP contribution is 2.22. The van der Waals surface area contributed by atoms with E-state index in [-0.39, 0.29) is 0 Å². The summed E-state index contributed by atoms with van der Waals surface area (Å²) in [6.45, 7) is 11.8. The normalized spacial score (nSPS) is 9.25. The van der Waals surface area contributed by atoms with Crippen molar-refractivity contribution >= 4 is 0 Å². The van der Waals surface area contributed by atoms with Gasteiger partial charge < -0.3 is 0 Å². The van der Waals surface area contributed by atoms with Gasteiger partial charge in [0.25, 0.3) is 0 Å². The summed E-state index contributed by atoms with van der Waals surface area (Å²) < 4.78 is 0. The third-order valence-electron chi connectivity index (χ3n) is 3.11. The first-order valence-electron chi connectivity index (χ1n) is 8.57. The molecule has 0 aliphatic heterocycles. The lowest BCUT2D eigenvalue weighted by Gasteiger charge is -2.05. The molecular formula is C21H27N3. The van der Waals surface area contributed by atoms with E-state index in [2.05, 4.69) is 51.4 Å². The molecule has 0 N–H and O–H groups in total. The van der Waals surface area contributed by atoms with Gasteiger partial charge in [0.15, 0.2) is 5.82 Å². The third kappa shape index (κ3) is 5.27. The molecule has 1 heterocycles. The van der Waals surface area contributed by atoms with Gasteiger partial charge in [-0.1, -0.05) is 82.3 Å². The molecule has 0 unspecified atom stereocenters. The maximum atomic E-state index is 4.38. The fourth-order valence-electron chi connectivity index (χ4n) is 2.19. The quantitative estimate of drug-likeness (QED) is 0.592. The number of aryl methyl sites for hydroxylation is 2. The van der Waals surface area contributed by atoms with Crippen LogP contribution in [-0.2, 0) is 0 Å². The Balaban J connectivity index is 0.000000671. The molecule has 0 spiro atoms. The van der Waals surface area contributed by atoms with Crippen molar-refractivity contribution in [1.29, 1.82) is 0 Å². The van der Waals surface area contributed by atoms with Crippen molar-refractivity contribution in [2.75, 3.05) is 0 Å². The minimum atomic E-state index is 0.731. The summed E-state index contributed by atoms with van der Waals surface area (Å²) >= 11 is 0. The summed E-state index contributed by atoms with van der Waals surface area (Å²) in [5.41, 5.74) is 3.41. The lowest BCUT2D eigenvalue weighted by atomic mass is 10.0. The summed E-state index contributed by atoms with van der Waals surface area (Å²) in [7, 11) is 0. The number of benzene rings is 2. The number of hydrogen-bond acceptors (Lipinski definition) is 3. The summed E-state index contributed by atoms with van der Waals surface area (Å²) in [6, 6.07) is 18.6. The molecule has 0 saturated carbocycles. The molecule has 3 heteroatoms. The summed E-state index contributed by atoms with van der Waals surface area (Å²) in [5, 5.41) is 0. The van der Waals surface area contributed by atoms with E-state index in [1.807, 2.05) is 59.7 Å². The van der Waals surface area contributed by atoms with Gasteiger partial charge in [0.2, 0.25) is 0 Å². The monoisotopic (exact) mass is 321 g/mol. The van der Waals surface area contributed by atoms with Crippen LogP contribution in [0.25, 0.3) is 22.5 Å². The average Bonchev–Trinajstić information content (AvgIpc) is 2.65. The molecule has 1 aromatic heterocycles. The molecule has 0 aliphatic carbocycles. The van der Waals surface area contributed by atoms with E-state index in [4.69, 9.17) is 0 Å². The van der Waals surface area contributed by atoms with Crippen LogP contribution in [0.3, 0.4) is 0 Å². The second-order valence-electron chi connectivity index (χ2n) is 4.70. The van der Waals surface area contributed by atoms with Gasteiger partial charge in [0, 0.05) is 5.56 Å². The van der Waals surface area contributed by atoms with Gasteiger partial charge in [0.05, 0.1) is 0 Å². The second-order valence-corrected chi connectivity index (χ2v) is 4.70. The van der Waals surface area contributed by atoms with Crippen LogP contribution >= 0.6 is 0 Å². The van der Waals surface area contributed by atoms with E-state index in [0.717, 1.165) is 23.0 Å². The topological polar surface area (TPSA) is 38.7 Å². The lowest BCUT2D eigenvalue weighted by Crippen LogP contribution is -1.98. The lowest BCUT2D eigenvalue weighted by molar-refractivity contribution is 0.928. The van der Waals surface area contributed by atoms with Crippen LogP contribution in [0.5, 0.6) is 0 Å². The fourth-order valence-corrected chi connectivity index (χ4v) is 2.19. The molecule has 126 valence electrons. The zero-order chi connectivity index (χ0) is 17.9. The smallest absolute Gasteiger partial charge is 0.163 e. The van der Waals surface area contributed by atoms with Crippen molar-refractivity contribution in [3.8, 4) is 22.5 Å². The highest BCUT2D eigenvalue weighted by atomic mass is 15.0. The van der Waals surface area contributed by atoms with Crippen LogP contribution < -0.4 is 0 Å². The second kappa shape index (κ2) is 10.3. The molecule has 0 bridgehead atoms. The Hall–Kier alpha value is -2.55. The number of aromatic nitrogens is 3. The molecule has 2 aromatic carbocycles. The van der Waals surface area contributed by atoms with Crippen LogP contribution in [-0.4, -0.2) is 15.0 Å². The Kier molecular flexibility index (Phi) is 8.34. The van der Waals surface area contributed by atoms with Crippen LogP contribution in [0.15, 0.2) is 54.6 Å². The predicted octanol–water partition coefficient (Wildman–Crippen LogP) is 5.87. The van der Waals surface area contributed by atoms with Crippen molar-refractivity contribution in [2.24, 2.45) is 0 Å². The molecule has 0 saturated heterocycles. The van der Waals surface area contributed by atoms with Crippen molar-refractivity contribution in [3.63, 3.8) is 0 Å². The Morgan fingerprint density at radius 1 is 0.500 bits per heavy atom. The zero-order valence-corrected chi connectivity index (χ0v) is 15.5. The largest absolute Gasteiger partial charge is 0.219 e. The maximum absolute atomic E-state index is 4.38. The van der Waals surface area contributed by atoms with E-state index in [1.165, 1.54) is 11.1 Å².